The minimum absolute atomic E-state index is 0.0283. The maximum absolute atomic E-state index is 12.5. The van der Waals surface area contributed by atoms with Crippen molar-refractivity contribution >= 4 is 5.91 Å². The molecule has 1 aromatic rings. The lowest BCUT2D eigenvalue weighted by atomic mass is 10.0. The van der Waals surface area contributed by atoms with Crippen molar-refractivity contribution in [3.05, 3.63) is 18.2 Å². The Morgan fingerprint density at radius 2 is 1.90 bits per heavy atom. The van der Waals surface area contributed by atoms with E-state index in [0.717, 1.165) is 31.4 Å². The summed E-state index contributed by atoms with van der Waals surface area (Å²) in [7, 11) is 0. The van der Waals surface area contributed by atoms with E-state index in [0.29, 0.717) is 18.5 Å². The highest BCUT2D eigenvalue weighted by molar-refractivity contribution is 5.77. The monoisotopic (exact) mass is 274 g/mol. The zero-order valence-electron chi connectivity index (χ0n) is 11.7. The minimum Gasteiger partial charge on any atom is -0.330 e. The third kappa shape index (κ3) is 2.04. The van der Waals surface area contributed by atoms with Crippen molar-refractivity contribution in [3.8, 4) is 0 Å². The molecule has 2 unspecified atom stereocenters. The van der Waals surface area contributed by atoms with Crippen LogP contribution in [0.5, 0.6) is 0 Å². The molecule has 1 aromatic heterocycles. The Morgan fingerprint density at radius 3 is 2.60 bits per heavy atom. The lowest BCUT2D eigenvalue weighted by molar-refractivity contribution is -0.134. The predicted octanol–water partition coefficient (Wildman–Crippen LogP) is 1.76. The van der Waals surface area contributed by atoms with Crippen LogP contribution in [0.2, 0.25) is 0 Å². The Bertz CT molecular complexity index is 518. The summed E-state index contributed by atoms with van der Waals surface area (Å²) < 4.78 is 2.26. The number of carbonyl (C=O) groups excluding carboxylic acids is 1. The van der Waals surface area contributed by atoms with Gasteiger partial charge in [0, 0.05) is 24.5 Å². The molecule has 3 fully saturated rings. The van der Waals surface area contributed by atoms with Gasteiger partial charge in [0.25, 0.3) is 0 Å². The van der Waals surface area contributed by atoms with Crippen LogP contribution < -0.4 is 5.73 Å². The maximum atomic E-state index is 12.5. The predicted molar refractivity (Wildman–Crippen MR) is 74.9 cm³/mol. The van der Waals surface area contributed by atoms with Gasteiger partial charge in [-0.2, -0.15) is 0 Å². The van der Waals surface area contributed by atoms with Gasteiger partial charge in [0.2, 0.25) is 5.91 Å². The van der Waals surface area contributed by atoms with Crippen LogP contribution in [0, 0.1) is 0 Å². The highest BCUT2D eigenvalue weighted by atomic mass is 16.2. The van der Waals surface area contributed by atoms with Gasteiger partial charge in [0.05, 0.1) is 24.3 Å². The zero-order valence-corrected chi connectivity index (χ0v) is 11.7. The molecule has 2 N–H and O–H groups in total. The van der Waals surface area contributed by atoms with Crippen molar-refractivity contribution in [1.82, 2.24) is 14.5 Å². The van der Waals surface area contributed by atoms with Crippen molar-refractivity contribution in [1.29, 1.82) is 0 Å². The van der Waals surface area contributed by atoms with E-state index in [1.165, 1.54) is 12.8 Å². The number of rotatable bonds is 3. The summed E-state index contributed by atoms with van der Waals surface area (Å²) in [5.41, 5.74) is 7.60. The second-order valence-electron chi connectivity index (χ2n) is 6.49. The van der Waals surface area contributed by atoms with Crippen LogP contribution in [-0.4, -0.2) is 32.4 Å². The molecule has 0 bridgehead atoms. The summed E-state index contributed by atoms with van der Waals surface area (Å²) in [4.78, 5) is 18.9. The molecular weight excluding hydrogens is 252 g/mol. The molecule has 0 aromatic carbocycles. The summed E-state index contributed by atoms with van der Waals surface area (Å²) >= 11 is 0. The Hall–Kier alpha value is -1.36. The summed E-state index contributed by atoms with van der Waals surface area (Å²) in [5.74, 6) is 0.286. The van der Waals surface area contributed by atoms with Gasteiger partial charge in [0.15, 0.2) is 0 Å². The van der Waals surface area contributed by atoms with Crippen molar-refractivity contribution in [2.75, 3.05) is 0 Å². The fourth-order valence-electron chi connectivity index (χ4n) is 3.48. The molecular formula is C15H22N4O. The average Bonchev–Trinajstić information content (AvgIpc) is 3.33. The van der Waals surface area contributed by atoms with E-state index >= 15 is 0 Å². The van der Waals surface area contributed by atoms with Gasteiger partial charge in [-0.1, -0.05) is 0 Å². The number of hydrogen-bond donors (Lipinski definition) is 1. The third-order valence-corrected chi connectivity index (χ3v) is 4.80. The van der Waals surface area contributed by atoms with Gasteiger partial charge in [-0.05, 0) is 38.5 Å². The van der Waals surface area contributed by atoms with Crippen LogP contribution in [0.15, 0.2) is 12.5 Å². The normalized spacial score (nSPS) is 31.4. The van der Waals surface area contributed by atoms with Crippen LogP contribution >= 0.6 is 0 Å². The molecule has 1 aliphatic heterocycles. The Labute approximate surface area is 119 Å². The van der Waals surface area contributed by atoms with Gasteiger partial charge in [-0.3, -0.25) is 4.79 Å². The molecule has 2 atom stereocenters. The van der Waals surface area contributed by atoms with Crippen LogP contribution in [0.4, 0.5) is 0 Å². The van der Waals surface area contributed by atoms with Crippen molar-refractivity contribution in [2.24, 2.45) is 5.73 Å². The molecule has 3 aliphatic rings. The third-order valence-electron chi connectivity index (χ3n) is 4.80. The first-order valence-electron chi connectivity index (χ1n) is 7.84. The van der Waals surface area contributed by atoms with E-state index in [-0.39, 0.29) is 18.0 Å². The van der Waals surface area contributed by atoms with Crippen LogP contribution in [0.25, 0.3) is 0 Å². The molecule has 2 heterocycles. The molecule has 1 amide bonds. The van der Waals surface area contributed by atoms with Gasteiger partial charge in [0.1, 0.15) is 0 Å². The Morgan fingerprint density at radius 1 is 1.15 bits per heavy atom. The summed E-state index contributed by atoms with van der Waals surface area (Å²) in [6, 6.07) is 1.06. The number of amides is 1. The first kappa shape index (κ1) is 12.4. The molecule has 0 radical (unpaired) electrons. The maximum Gasteiger partial charge on any atom is 0.223 e. The van der Waals surface area contributed by atoms with Crippen molar-refractivity contribution in [2.45, 2.75) is 69.1 Å². The van der Waals surface area contributed by atoms with E-state index < -0.39 is 0 Å². The Balaban J connectivity index is 1.73. The summed E-state index contributed by atoms with van der Waals surface area (Å²) in [6.07, 6.45) is 11.0. The van der Waals surface area contributed by atoms with Crippen LogP contribution in [0.3, 0.4) is 0 Å². The Kier molecular flexibility index (Phi) is 2.84. The van der Waals surface area contributed by atoms with Gasteiger partial charge < -0.3 is 15.2 Å². The van der Waals surface area contributed by atoms with Gasteiger partial charge in [-0.15, -0.1) is 0 Å². The minimum atomic E-state index is 0.0283. The fraction of sp³-hybridized carbons (Fsp3) is 0.733. The van der Waals surface area contributed by atoms with E-state index in [1.807, 2.05) is 12.5 Å². The summed E-state index contributed by atoms with van der Waals surface area (Å²) in [6.45, 7) is 0. The standard InChI is InChI=1S/C15H22N4O/c16-12-2-1-3-14(20)19(11-6-7-11)15(12)13-8-17-9-18(13)10-4-5-10/h8-12,15H,1-7,16H2. The SMILES string of the molecule is NC1CCCC(=O)N(C2CC2)C1c1cncn1C1CC1. The highest BCUT2D eigenvalue weighted by Crippen LogP contribution is 2.42. The molecule has 1 saturated heterocycles. The lowest BCUT2D eigenvalue weighted by Crippen LogP contribution is -2.44. The molecule has 20 heavy (non-hydrogen) atoms. The van der Waals surface area contributed by atoms with Crippen LogP contribution in [-0.2, 0) is 4.79 Å². The second-order valence-corrected chi connectivity index (χ2v) is 6.49. The fourth-order valence-corrected chi connectivity index (χ4v) is 3.48. The average molecular weight is 274 g/mol. The largest absolute Gasteiger partial charge is 0.330 e. The number of carbonyl (C=O) groups is 1. The lowest BCUT2D eigenvalue weighted by Gasteiger charge is -2.34. The number of nitrogens with two attached hydrogens (primary N) is 1. The zero-order chi connectivity index (χ0) is 13.7. The molecule has 2 saturated carbocycles. The van der Waals surface area contributed by atoms with E-state index in [4.69, 9.17) is 5.73 Å². The van der Waals surface area contributed by atoms with Crippen molar-refractivity contribution < 1.29 is 4.79 Å². The first-order valence-corrected chi connectivity index (χ1v) is 7.84. The molecule has 4 rings (SSSR count). The van der Waals surface area contributed by atoms with Crippen LogP contribution in [0.1, 0.15) is 62.7 Å². The van der Waals surface area contributed by atoms with Crippen molar-refractivity contribution in [3.63, 3.8) is 0 Å². The number of nitrogens with zero attached hydrogens (tertiary/aromatic N) is 3. The molecule has 5 heteroatoms. The quantitative estimate of drug-likeness (QED) is 0.913. The number of aromatic nitrogens is 2. The van der Waals surface area contributed by atoms with Gasteiger partial charge in [-0.25, -0.2) is 4.98 Å². The number of likely N-dealkylation sites (tertiary alicyclic amines) is 1. The molecule has 0 spiro atoms. The number of imidazole rings is 1. The molecule has 5 nitrogen and oxygen atoms in total. The second kappa shape index (κ2) is 4.58. The molecule has 108 valence electrons. The smallest absolute Gasteiger partial charge is 0.223 e. The highest BCUT2D eigenvalue weighted by Gasteiger charge is 2.43. The molecule has 2 aliphatic carbocycles. The van der Waals surface area contributed by atoms with E-state index in [9.17, 15) is 4.79 Å². The van der Waals surface area contributed by atoms with Gasteiger partial charge >= 0.3 is 0 Å². The first-order chi connectivity index (χ1) is 9.75. The number of hydrogen-bond acceptors (Lipinski definition) is 3. The van der Waals surface area contributed by atoms with E-state index in [2.05, 4.69) is 14.5 Å². The summed E-state index contributed by atoms with van der Waals surface area (Å²) in [5, 5.41) is 0. The van der Waals surface area contributed by atoms with E-state index in [1.54, 1.807) is 0 Å². The topological polar surface area (TPSA) is 64.2 Å².